The highest BCUT2D eigenvalue weighted by atomic mass is 16.2. The van der Waals surface area contributed by atoms with E-state index in [9.17, 15) is 4.79 Å². The molecule has 2 aromatic heterocycles. The minimum atomic E-state index is -0.119. The van der Waals surface area contributed by atoms with Gasteiger partial charge in [-0.1, -0.05) is 37.3 Å². The lowest BCUT2D eigenvalue weighted by Crippen LogP contribution is -2.19. The fourth-order valence-corrected chi connectivity index (χ4v) is 2.63. The number of nitrogens with zero attached hydrogens (tertiary/aromatic N) is 4. The van der Waals surface area contributed by atoms with Gasteiger partial charge in [-0.05, 0) is 13.3 Å². The fourth-order valence-electron chi connectivity index (χ4n) is 2.63. The van der Waals surface area contributed by atoms with Crippen molar-refractivity contribution in [3.8, 4) is 11.4 Å². The number of benzene rings is 1. The molecule has 0 aliphatic heterocycles. The highest BCUT2D eigenvalue weighted by molar-refractivity contribution is 5.89. The number of aryl methyl sites for hydroxylation is 2. The summed E-state index contributed by atoms with van der Waals surface area (Å²) in [7, 11) is 0. The summed E-state index contributed by atoms with van der Waals surface area (Å²) < 4.78 is 3.74. The molecule has 0 saturated heterocycles. The van der Waals surface area contributed by atoms with Crippen molar-refractivity contribution in [1.82, 2.24) is 19.3 Å². The van der Waals surface area contributed by atoms with Crippen molar-refractivity contribution >= 4 is 11.7 Å². The number of rotatable bonds is 6. The van der Waals surface area contributed by atoms with Gasteiger partial charge in [0.15, 0.2) is 5.82 Å². The van der Waals surface area contributed by atoms with Crippen LogP contribution in [-0.4, -0.2) is 25.2 Å². The maximum Gasteiger partial charge on any atom is 0.245 e. The molecule has 1 amide bonds. The number of imidazole rings is 1. The van der Waals surface area contributed by atoms with Crippen LogP contribution in [0.25, 0.3) is 11.4 Å². The molecule has 0 fully saturated rings. The molecule has 0 aliphatic rings. The third-order valence-electron chi connectivity index (χ3n) is 3.75. The first-order valence-electron chi connectivity index (χ1n) is 8.08. The Labute approximate surface area is 141 Å². The van der Waals surface area contributed by atoms with E-state index in [-0.39, 0.29) is 12.5 Å². The van der Waals surface area contributed by atoms with Crippen molar-refractivity contribution in [2.24, 2.45) is 0 Å². The van der Waals surface area contributed by atoms with E-state index in [2.05, 4.69) is 22.3 Å². The number of carbonyl (C=O) groups excluding carboxylic acids is 1. The standard InChI is InChI=1S/C18H21N5O/c1-3-10-23-14(2)12-16(21-23)20-17(24)13-22-11-9-19-18(22)15-7-5-4-6-8-15/h4-9,11-12H,3,10,13H2,1-2H3,(H,20,21,24). The zero-order valence-corrected chi connectivity index (χ0v) is 13.9. The molecule has 0 saturated carbocycles. The third-order valence-corrected chi connectivity index (χ3v) is 3.75. The van der Waals surface area contributed by atoms with Crippen molar-refractivity contribution in [3.05, 3.63) is 54.5 Å². The summed E-state index contributed by atoms with van der Waals surface area (Å²) in [6.45, 7) is 5.14. The Morgan fingerprint density at radius 3 is 2.79 bits per heavy atom. The Kier molecular flexibility index (Phi) is 4.74. The van der Waals surface area contributed by atoms with E-state index in [1.807, 2.05) is 58.8 Å². The minimum Gasteiger partial charge on any atom is -0.322 e. The van der Waals surface area contributed by atoms with Crippen LogP contribution in [0.5, 0.6) is 0 Å². The van der Waals surface area contributed by atoms with Crippen LogP contribution in [0.1, 0.15) is 19.0 Å². The van der Waals surface area contributed by atoms with Gasteiger partial charge in [0.05, 0.1) is 0 Å². The summed E-state index contributed by atoms with van der Waals surface area (Å²) >= 11 is 0. The number of hydrogen-bond acceptors (Lipinski definition) is 3. The topological polar surface area (TPSA) is 64.7 Å². The number of anilines is 1. The van der Waals surface area contributed by atoms with E-state index < -0.39 is 0 Å². The molecular formula is C18H21N5O. The van der Waals surface area contributed by atoms with Gasteiger partial charge < -0.3 is 9.88 Å². The predicted molar refractivity (Wildman–Crippen MR) is 93.5 cm³/mol. The summed E-state index contributed by atoms with van der Waals surface area (Å²) in [5.41, 5.74) is 2.03. The second kappa shape index (κ2) is 7.12. The van der Waals surface area contributed by atoms with Gasteiger partial charge in [0.1, 0.15) is 12.4 Å². The first-order chi connectivity index (χ1) is 11.7. The highest BCUT2D eigenvalue weighted by Crippen LogP contribution is 2.17. The van der Waals surface area contributed by atoms with Gasteiger partial charge in [0, 0.05) is 36.3 Å². The lowest BCUT2D eigenvalue weighted by molar-refractivity contribution is -0.116. The van der Waals surface area contributed by atoms with Crippen LogP contribution < -0.4 is 5.32 Å². The van der Waals surface area contributed by atoms with Crippen LogP contribution in [0.4, 0.5) is 5.82 Å². The molecule has 0 radical (unpaired) electrons. The van der Waals surface area contributed by atoms with E-state index in [1.165, 1.54) is 0 Å². The largest absolute Gasteiger partial charge is 0.322 e. The van der Waals surface area contributed by atoms with Crippen LogP contribution in [-0.2, 0) is 17.9 Å². The summed E-state index contributed by atoms with van der Waals surface area (Å²) in [6.07, 6.45) is 4.52. The SMILES string of the molecule is CCCn1nc(NC(=O)Cn2ccnc2-c2ccccc2)cc1C. The van der Waals surface area contributed by atoms with Crippen LogP contribution in [0, 0.1) is 6.92 Å². The average molecular weight is 323 g/mol. The maximum absolute atomic E-state index is 12.3. The first kappa shape index (κ1) is 16.0. The molecule has 3 rings (SSSR count). The van der Waals surface area contributed by atoms with E-state index in [0.717, 1.165) is 30.0 Å². The number of aromatic nitrogens is 4. The Bertz CT molecular complexity index is 819. The van der Waals surface area contributed by atoms with Crippen molar-refractivity contribution in [2.75, 3.05) is 5.32 Å². The molecular weight excluding hydrogens is 302 g/mol. The van der Waals surface area contributed by atoms with Crippen LogP contribution in [0.3, 0.4) is 0 Å². The molecule has 0 bridgehead atoms. The summed E-state index contributed by atoms with van der Waals surface area (Å²) in [4.78, 5) is 16.7. The third kappa shape index (κ3) is 3.53. The fraction of sp³-hybridized carbons (Fsp3) is 0.278. The Hall–Kier alpha value is -2.89. The quantitative estimate of drug-likeness (QED) is 0.758. The molecule has 1 aromatic carbocycles. The van der Waals surface area contributed by atoms with E-state index in [4.69, 9.17) is 0 Å². The number of nitrogens with one attached hydrogen (secondary N) is 1. The average Bonchev–Trinajstić information content (AvgIpc) is 3.15. The molecule has 3 aromatic rings. The van der Waals surface area contributed by atoms with Crippen molar-refractivity contribution < 1.29 is 4.79 Å². The van der Waals surface area contributed by atoms with Crippen molar-refractivity contribution in [1.29, 1.82) is 0 Å². The molecule has 6 nitrogen and oxygen atoms in total. The maximum atomic E-state index is 12.3. The molecule has 0 atom stereocenters. The van der Waals surface area contributed by atoms with Gasteiger partial charge in [0.25, 0.3) is 0 Å². The van der Waals surface area contributed by atoms with Gasteiger partial charge in [-0.3, -0.25) is 9.48 Å². The van der Waals surface area contributed by atoms with Crippen molar-refractivity contribution in [3.63, 3.8) is 0 Å². The van der Waals surface area contributed by atoms with Crippen LogP contribution in [0.15, 0.2) is 48.8 Å². The zero-order valence-electron chi connectivity index (χ0n) is 13.9. The second-order valence-electron chi connectivity index (χ2n) is 5.69. The molecule has 24 heavy (non-hydrogen) atoms. The van der Waals surface area contributed by atoms with Gasteiger partial charge in [-0.25, -0.2) is 4.98 Å². The van der Waals surface area contributed by atoms with Crippen LogP contribution >= 0.6 is 0 Å². The molecule has 0 aliphatic carbocycles. The molecule has 0 spiro atoms. The van der Waals surface area contributed by atoms with Gasteiger partial charge in [-0.2, -0.15) is 5.10 Å². The van der Waals surface area contributed by atoms with Gasteiger partial charge >= 0.3 is 0 Å². The summed E-state index contributed by atoms with van der Waals surface area (Å²) in [6, 6.07) is 11.7. The summed E-state index contributed by atoms with van der Waals surface area (Å²) in [5.74, 6) is 1.25. The number of hydrogen-bond donors (Lipinski definition) is 1. The van der Waals surface area contributed by atoms with Gasteiger partial charge in [0.2, 0.25) is 5.91 Å². The Morgan fingerprint density at radius 1 is 1.25 bits per heavy atom. The lowest BCUT2D eigenvalue weighted by atomic mass is 10.2. The smallest absolute Gasteiger partial charge is 0.245 e. The first-order valence-corrected chi connectivity index (χ1v) is 8.08. The van der Waals surface area contributed by atoms with E-state index in [0.29, 0.717) is 5.82 Å². The second-order valence-corrected chi connectivity index (χ2v) is 5.69. The zero-order chi connectivity index (χ0) is 16.9. The Morgan fingerprint density at radius 2 is 2.04 bits per heavy atom. The van der Waals surface area contributed by atoms with E-state index in [1.54, 1.807) is 6.20 Å². The Balaban J connectivity index is 1.70. The molecule has 6 heteroatoms. The molecule has 1 N–H and O–H groups in total. The monoisotopic (exact) mass is 323 g/mol. The minimum absolute atomic E-state index is 0.119. The predicted octanol–water partition coefficient (Wildman–Crippen LogP) is 3.10. The number of carbonyl (C=O) groups is 1. The summed E-state index contributed by atoms with van der Waals surface area (Å²) in [5, 5.41) is 7.27. The number of amides is 1. The molecule has 124 valence electrons. The lowest BCUT2D eigenvalue weighted by Gasteiger charge is -2.07. The van der Waals surface area contributed by atoms with E-state index >= 15 is 0 Å². The highest BCUT2D eigenvalue weighted by Gasteiger charge is 2.11. The normalized spacial score (nSPS) is 10.8. The van der Waals surface area contributed by atoms with Crippen LogP contribution in [0.2, 0.25) is 0 Å². The van der Waals surface area contributed by atoms with Gasteiger partial charge in [-0.15, -0.1) is 0 Å². The van der Waals surface area contributed by atoms with Crippen molar-refractivity contribution in [2.45, 2.75) is 33.4 Å². The molecule has 2 heterocycles. The molecule has 0 unspecified atom stereocenters.